The number of rotatable bonds is 2. The molecule has 0 heterocycles. The molecule has 0 aromatic carbocycles. The molecule has 0 radical (unpaired) electrons. The van der Waals surface area contributed by atoms with E-state index in [9.17, 15) is 5.11 Å². The molecule has 1 nitrogen and oxygen atoms in total. The Kier molecular flexibility index (Phi) is 1.05. The van der Waals surface area contributed by atoms with E-state index in [2.05, 4.69) is 6.92 Å². The van der Waals surface area contributed by atoms with Gasteiger partial charge in [0.1, 0.15) is 0 Å². The highest BCUT2D eigenvalue weighted by molar-refractivity contribution is 5.09. The minimum Gasteiger partial charge on any atom is -0.389 e. The molecule has 2 aliphatic carbocycles. The normalized spacial score (nSPS) is 35.1. The van der Waals surface area contributed by atoms with Crippen LogP contribution in [0, 0.1) is 11.3 Å². The monoisotopic (exact) mass is 140 g/mol. The lowest BCUT2D eigenvalue weighted by Gasteiger charge is -2.30. The maximum atomic E-state index is 10.1. The highest BCUT2D eigenvalue weighted by Crippen LogP contribution is 2.60. The molecular formula is C9H16O. The quantitative estimate of drug-likeness (QED) is 0.621. The Bertz CT molecular complexity index is 152. The molecule has 0 aliphatic heterocycles. The van der Waals surface area contributed by atoms with Crippen LogP contribution in [0.1, 0.15) is 39.5 Å². The van der Waals surface area contributed by atoms with Crippen molar-refractivity contribution >= 4 is 0 Å². The third kappa shape index (κ3) is 0.731. The molecule has 2 rings (SSSR count). The summed E-state index contributed by atoms with van der Waals surface area (Å²) in [7, 11) is 0. The van der Waals surface area contributed by atoms with E-state index in [1.807, 2.05) is 6.92 Å². The molecule has 0 amide bonds. The molecule has 0 saturated heterocycles. The van der Waals surface area contributed by atoms with Crippen LogP contribution in [0.3, 0.4) is 0 Å². The zero-order chi connectivity index (χ0) is 7.41. The lowest BCUT2D eigenvalue weighted by molar-refractivity contribution is -0.0283. The van der Waals surface area contributed by atoms with E-state index < -0.39 is 0 Å². The van der Waals surface area contributed by atoms with Crippen LogP contribution in [0.2, 0.25) is 0 Å². The molecule has 2 fully saturated rings. The second kappa shape index (κ2) is 1.58. The first-order valence-electron chi connectivity index (χ1n) is 4.29. The molecule has 0 aromatic rings. The van der Waals surface area contributed by atoms with Gasteiger partial charge in [-0.2, -0.15) is 0 Å². The maximum absolute atomic E-state index is 10.1. The van der Waals surface area contributed by atoms with Gasteiger partial charge in [-0.15, -0.1) is 0 Å². The summed E-state index contributed by atoms with van der Waals surface area (Å²) in [5.41, 5.74) is -0.0544. The van der Waals surface area contributed by atoms with Crippen molar-refractivity contribution < 1.29 is 5.11 Å². The molecule has 0 bridgehead atoms. The van der Waals surface area contributed by atoms with E-state index in [0.29, 0.717) is 5.92 Å². The summed E-state index contributed by atoms with van der Waals surface area (Å²) in [5.74, 6) is 0.625. The predicted molar refractivity (Wildman–Crippen MR) is 40.7 cm³/mol. The van der Waals surface area contributed by atoms with E-state index in [1.54, 1.807) is 0 Å². The molecule has 58 valence electrons. The van der Waals surface area contributed by atoms with Crippen LogP contribution in [0.5, 0.6) is 0 Å². The zero-order valence-electron chi connectivity index (χ0n) is 6.85. The lowest BCUT2D eigenvalue weighted by atomic mass is 9.83. The smallest absolute Gasteiger partial charge is 0.0701 e. The van der Waals surface area contributed by atoms with Crippen LogP contribution in [0.15, 0.2) is 0 Å². The number of hydrogen-bond acceptors (Lipinski definition) is 1. The second-order valence-corrected chi connectivity index (χ2v) is 4.48. The first kappa shape index (κ1) is 6.66. The average molecular weight is 140 g/mol. The Morgan fingerprint density at radius 3 is 2.20 bits per heavy atom. The minimum absolute atomic E-state index is 0.286. The van der Waals surface area contributed by atoms with Crippen molar-refractivity contribution in [1.82, 2.24) is 0 Å². The topological polar surface area (TPSA) is 20.2 Å². The Morgan fingerprint density at radius 1 is 1.40 bits per heavy atom. The first-order chi connectivity index (χ1) is 4.56. The Morgan fingerprint density at radius 2 is 1.90 bits per heavy atom. The van der Waals surface area contributed by atoms with Gasteiger partial charge in [-0.3, -0.25) is 0 Å². The summed E-state index contributed by atoms with van der Waals surface area (Å²) in [6, 6.07) is 0. The molecule has 10 heavy (non-hydrogen) atoms. The highest BCUT2D eigenvalue weighted by Gasteiger charge is 2.58. The van der Waals surface area contributed by atoms with Crippen molar-refractivity contribution in [2.45, 2.75) is 45.1 Å². The Labute approximate surface area is 62.4 Å². The Balaban J connectivity index is 2.11. The van der Waals surface area contributed by atoms with Crippen molar-refractivity contribution in [2.24, 2.45) is 11.3 Å². The fourth-order valence-corrected chi connectivity index (χ4v) is 1.83. The predicted octanol–water partition coefficient (Wildman–Crippen LogP) is 1.95. The van der Waals surface area contributed by atoms with E-state index in [-0.39, 0.29) is 11.0 Å². The van der Waals surface area contributed by atoms with E-state index >= 15 is 0 Å². The SMILES string of the molecule is CC1(C(C)(O)C2CC2)CC1. The van der Waals surface area contributed by atoms with Crippen molar-refractivity contribution in [1.29, 1.82) is 0 Å². The molecule has 0 aromatic heterocycles. The molecule has 2 saturated carbocycles. The van der Waals surface area contributed by atoms with Gasteiger partial charge in [-0.25, -0.2) is 0 Å². The molecule has 1 N–H and O–H groups in total. The van der Waals surface area contributed by atoms with Gasteiger partial charge in [-0.1, -0.05) is 6.92 Å². The average Bonchev–Trinajstić information content (AvgIpc) is 2.55. The van der Waals surface area contributed by atoms with Gasteiger partial charge < -0.3 is 5.11 Å². The van der Waals surface area contributed by atoms with Crippen molar-refractivity contribution in [3.63, 3.8) is 0 Å². The van der Waals surface area contributed by atoms with Crippen LogP contribution < -0.4 is 0 Å². The van der Waals surface area contributed by atoms with Crippen molar-refractivity contribution in [3.8, 4) is 0 Å². The zero-order valence-corrected chi connectivity index (χ0v) is 6.85. The minimum atomic E-state index is -0.340. The summed E-state index contributed by atoms with van der Waals surface area (Å²) >= 11 is 0. The van der Waals surface area contributed by atoms with Crippen LogP contribution in [0.4, 0.5) is 0 Å². The van der Waals surface area contributed by atoms with Gasteiger partial charge in [0.2, 0.25) is 0 Å². The number of aliphatic hydroxyl groups is 1. The van der Waals surface area contributed by atoms with Gasteiger partial charge >= 0.3 is 0 Å². The van der Waals surface area contributed by atoms with Gasteiger partial charge in [-0.05, 0) is 43.9 Å². The summed E-state index contributed by atoms with van der Waals surface area (Å²) in [4.78, 5) is 0. The molecular weight excluding hydrogens is 124 g/mol. The van der Waals surface area contributed by atoms with Crippen LogP contribution >= 0.6 is 0 Å². The summed E-state index contributed by atoms with van der Waals surface area (Å²) in [6.45, 7) is 4.24. The summed E-state index contributed by atoms with van der Waals surface area (Å²) < 4.78 is 0. The molecule has 1 atom stereocenters. The highest BCUT2D eigenvalue weighted by atomic mass is 16.3. The van der Waals surface area contributed by atoms with Crippen molar-refractivity contribution in [2.75, 3.05) is 0 Å². The van der Waals surface area contributed by atoms with Gasteiger partial charge in [0.15, 0.2) is 0 Å². The summed E-state index contributed by atoms with van der Waals surface area (Å²) in [6.07, 6.45) is 4.97. The lowest BCUT2D eigenvalue weighted by Crippen LogP contribution is -2.36. The third-order valence-electron chi connectivity index (χ3n) is 3.59. The molecule has 1 heteroatoms. The van der Waals surface area contributed by atoms with Crippen LogP contribution in [-0.4, -0.2) is 10.7 Å². The van der Waals surface area contributed by atoms with E-state index in [0.717, 1.165) is 0 Å². The van der Waals surface area contributed by atoms with Crippen LogP contribution in [0.25, 0.3) is 0 Å². The largest absolute Gasteiger partial charge is 0.389 e. The molecule has 0 spiro atoms. The fraction of sp³-hybridized carbons (Fsp3) is 1.00. The molecule has 1 unspecified atom stereocenters. The number of hydrogen-bond donors (Lipinski definition) is 1. The third-order valence-corrected chi connectivity index (χ3v) is 3.59. The van der Waals surface area contributed by atoms with Crippen LogP contribution in [-0.2, 0) is 0 Å². The second-order valence-electron chi connectivity index (χ2n) is 4.48. The first-order valence-corrected chi connectivity index (χ1v) is 4.29. The van der Waals surface area contributed by atoms with Crippen molar-refractivity contribution in [3.05, 3.63) is 0 Å². The fourth-order valence-electron chi connectivity index (χ4n) is 1.83. The van der Waals surface area contributed by atoms with Gasteiger partial charge in [0, 0.05) is 0 Å². The van der Waals surface area contributed by atoms with Gasteiger partial charge in [0.05, 0.1) is 5.60 Å². The standard InChI is InChI=1S/C9H16O/c1-8(5-6-8)9(2,10)7-3-4-7/h7,10H,3-6H2,1-2H3. The Hall–Kier alpha value is -0.0400. The maximum Gasteiger partial charge on any atom is 0.0701 e. The summed E-state index contributed by atoms with van der Waals surface area (Å²) in [5, 5.41) is 10.1. The molecule has 2 aliphatic rings. The van der Waals surface area contributed by atoms with E-state index in [4.69, 9.17) is 0 Å². The van der Waals surface area contributed by atoms with E-state index in [1.165, 1.54) is 25.7 Å². The van der Waals surface area contributed by atoms with Gasteiger partial charge in [0.25, 0.3) is 0 Å².